The SMILES string of the molecule is CC(C)OC(=O)[C@@H](C(=O)C(F)(F)F)c1cc(NS(=O)(=O)c2cc([N+](=O)[O-])ccc2Cl)ccc1O. The highest BCUT2D eigenvalue weighted by molar-refractivity contribution is 7.92. The third-order valence-electron chi connectivity index (χ3n) is 4.14. The molecule has 2 N–H and O–H groups in total. The second-order valence-corrected chi connectivity index (χ2v) is 9.09. The summed E-state index contributed by atoms with van der Waals surface area (Å²) in [7, 11) is -4.63. The van der Waals surface area contributed by atoms with Crippen molar-refractivity contribution < 1.29 is 45.9 Å². The van der Waals surface area contributed by atoms with Crippen molar-refractivity contribution in [2.45, 2.75) is 36.9 Å². The maximum Gasteiger partial charge on any atom is 0.451 e. The number of nitrogens with zero attached hydrogens (tertiary/aromatic N) is 1. The number of Topliss-reactive ketones (excluding diaryl/α,β-unsaturated/α-hetero) is 1. The van der Waals surface area contributed by atoms with Gasteiger partial charge in [0, 0.05) is 23.4 Å². The number of rotatable bonds is 8. The lowest BCUT2D eigenvalue weighted by molar-refractivity contribution is -0.385. The van der Waals surface area contributed by atoms with Crippen LogP contribution in [0.1, 0.15) is 25.3 Å². The fourth-order valence-electron chi connectivity index (χ4n) is 2.71. The fourth-order valence-corrected chi connectivity index (χ4v) is 4.28. The molecule has 0 aliphatic carbocycles. The average molecular weight is 525 g/mol. The third-order valence-corrected chi connectivity index (χ3v) is 6.00. The van der Waals surface area contributed by atoms with Crippen LogP contribution in [0.15, 0.2) is 41.3 Å². The lowest BCUT2D eigenvalue weighted by Crippen LogP contribution is -2.35. The number of alkyl halides is 3. The van der Waals surface area contributed by atoms with Gasteiger partial charge in [0.25, 0.3) is 21.5 Å². The number of non-ortho nitro benzene ring substituents is 1. The highest BCUT2D eigenvalue weighted by Gasteiger charge is 2.49. The molecule has 0 aliphatic heterocycles. The zero-order valence-corrected chi connectivity index (χ0v) is 18.9. The number of hydrogen-bond donors (Lipinski definition) is 2. The minimum absolute atomic E-state index is 0.400. The molecule has 0 heterocycles. The minimum Gasteiger partial charge on any atom is -0.508 e. The van der Waals surface area contributed by atoms with E-state index in [0.29, 0.717) is 12.1 Å². The molecule has 0 aromatic heterocycles. The molecule has 2 rings (SSSR count). The van der Waals surface area contributed by atoms with Gasteiger partial charge >= 0.3 is 12.1 Å². The van der Waals surface area contributed by atoms with Gasteiger partial charge in [-0.05, 0) is 38.1 Å². The van der Waals surface area contributed by atoms with Crippen molar-refractivity contribution >= 4 is 44.8 Å². The van der Waals surface area contributed by atoms with Crippen molar-refractivity contribution in [3.63, 3.8) is 0 Å². The molecule has 0 spiro atoms. The van der Waals surface area contributed by atoms with Crippen molar-refractivity contribution in [2.75, 3.05) is 4.72 Å². The van der Waals surface area contributed by atoms with Crippen molar-refractivity contribution in [3.8, 4) is 5.75 Å². The number of benzene rings is 2. The zero-order valence-electron chi connectivity index (χ0n) is 17.3. The summed E-state index contributed by atoms with van der Waals surface area (Å²) in [6.45, 7) is 2.64. The van der Waals surface area contributed by atoms with Crippen LogP contribution in [-0.2, 0) is 24.3 Å². The predicted octanol–water partition coefficient (Wildman–Crippen LogP) is 3.92. The van der Waals surface area contributed by atoms with Gasteiger partial charge in [0.1, 0.15) is 10.6 Å². The standard InChI is InChI=1S/C19H16ClF3N2O8S/c1-9(2)33-18(28)16(17(27)19(21,22)23)12-7-10(3-6-14(12)26)24-34(31,32)15-8-11(25(29)30)4-5-13(15)20/h3-9,16,24,26H,1-2H3/t16-/m1/s1. The van der Waals surface area contributed by atoms with E-state index in [4.69, 9.17) is 16.3 Å². The number of esters is 1. The van der Waals surface area contributed by atoms with Crippen LogP contribution in [-0.4, -0.2) is 42.5 Å². The van der Waals surface area contributed by atoms with E-state index in [2.05, 4.69) is 0 Å². The van der Waals surface area contributed by atoms with Crippen LogP contribution < -0.4 is 4.72 Å². The first-order valence-corrected chi connectivity index (χ1v) is 11.0. The number of halogens is 4. The lowest BCUT2D eigenvalue weighted by Gasteiger charge is -2.20. The summed E-state index contributed by atoms with van der Waals surface area (Å²) < 4.78 is 71.5. The first-order valence-electron chi connectivity index (χ1n) is 9.15. The normalized spacial score (nSPS) is 12.8. The lowest BCUT2D eigenvalue weighted by atomic mass is 9.93. The Balaban J connectivity index is 2.56. The summed E-state index contributed by atoms with van der Waals surface area (Å²) in [5, 5.41) is 20.6. The van der Waals surface area contributed by atoms with Gasteiger partial charge in [0.2, 0.25) is 0 Å². The molecule has 2 aromatic rings. The van der Waals surface area contributed by atoms with Crippen molar-refractivity contribution in [1.29, 1.82) is 0 Å². The number of ketones is 1. The number of carbonyl (C=O) groups excluding carboxylic acids is 2. The summed E-state index contributed by atoms with van der Waals surface area (Å²) >= 11 is 5.83. The van der Waals surface area contributed by atoms with Crippen LogP contribution in [0.3, 0.4) is 0 Å². The van der Waals surface area contributed by atoms with Gasteiger partial charge in [0.15, 0.2) is 5.92 Å². The molecule has 15 heteroatoms. The molecule has 0 saturated heterocycles. The fraction of sp³-hybridized carbons (Fsp3) is 0.263. The largest absolute Gasteiger partial charge is 0.508 e. The number of nitrogens with one attached hydrogen (secondary N) is 1. The summed E-state index contributed by atoms with van der Waals surface area (Å²) in [5.41, 5.74) is -1.96. The molecule has 2 aromatic carbocycles. The Morgan fingerprint density at radius 2 is 1.79 bits per heavy atom. The van der Waals surface area contributed by atoms with E-state index in [9.17, 15) is 46.4 Å². The smallest absolute Gasteiger partial charge is 0.451 e. The molecule has 0 unspecified atom stereocenters. The Bertz CT molecular complexity index is 1250. The highest BCUT2D eigenvalue weighted by atomic mass is 35.5. The maximum absolute atomic E-state index is 13.1. The molecule has 34 heavy (non-hydrogen) atoms. The summed E-state index contributed by atoms with van der Waals surface area (Å²) in [5.74, 6) is -7.72. The number of nitro benzene ring substituents is 1. The number of aromatic hydroxyl groups is 1. The number of nitro groups is 1. The highest BCUT2D eigenvalue weighted by Crippen LogP contribution is 2.36. The number of hydrogen-bond acceptors (Lipinski definition) is 8. The van der Waals surface area contributed by atoms with Gasteiger partial charge in [-0.15, -0.1) is 0 Å². The number of sulfonamides is 1. The number of ether oxygens (including phenoxy) is 1. The Kier molecular flexibility index (Phi) is 7.78. The molecule has 0 saturated carbocycles. The molecule has 10 nitrogen and oxygen atoms in total. The van der Waals surface area contributed by atoms with Crippen LogP contribution in [0.25, 0.3) is 0 Å². The van der Waals surface area contributed by atoms with Crippen molar-refractivity contribution in [1.82, 2.24) is 0 Å². The van der Waals surface area contributed by atoms with Crippen LogP contribution in [0.2, 0.25) is 5.02 Å². The summed E-state index contributed by atoms with van der Waals surface area (Å²) in [6.07, 6.45) is -6.39. The average Bonchev–Trinajstić information content (AvgIpc) is 2.69. The van der Waals surface area contributed by atoms with Gasteiger partial charge in [0.05, 0.1) is 16.0 Å². The molecule has 184 valence electrons. The first-order chi connectivity index (χ1) is 15.5. The van der Waals surface area contributed by atoms with Crippen molar-refractivity contribution in [2.24, 2.45) is 0 Å². The molecule has 0 radical (unpaired) electrons. The van der Waals surface area contributed by atoms with E-state index in [1.807, 2.05) is 4.72 Å². The molecule has 1 atom stereocenters. The van der Waals surface area contributed by atoms with Crippen LogP contribution in [0.4, 0.5) is 24.5 Å². The van der Waals surface area contributed by atoms with Crippen LogP contribution in [0, 0.1) is 10.1 Å². The van der Waals surface area contributed by atoms with E-state index in [1.54, 1.807) is 0 Å². The first kappa shape index (κ1) is 26.9. The zero-order chi connectivity index (χ0) is 26.0. The number of carbonyl (C=O) groups is 2. The number of anilines is 1. The number of phenolic OH excluding ortho intramolecular Hbond substituents is 1. The molecular weight excluding hydrogens is 509 g/mol. The number of phenols is 1. The van der Waals surface area contributed by atoms with E-state index in [0.717, 1.165) is 24.3 Å². The summed E-state index contributed by atoms with van der Waals surface area (Å²) in [6, 6.07) is 4.87. The molecular formula is C19H16ClF3N2O8S. The topological polar surface area (TPSA) is 153 Å². The predicted molar refractivity (Wildman–Crippen MR) is 112 cm³/mol. The third kappa shape index (κ3) is 6.14. The van der Waals surface area contributed by atoms with E-state index in [-0.39, 0.29) is 0 Å². The summed E-state index contributed by atoms with van der Waals surface area (Å²) in [4.78, 5) is 33.6. The van der Waals surface area contributed by atoms with E-state index in [1.165, 1.54) is 13.8 Å². The second-order valence-electron chi connectivity index (χ2n) is 7.03. The Hall–Kier alpha value is -3.39. The van der Waals surface area contributed by atoms with Crippen LogP contribution in [0.5, 0.6) is 5.75 Å². The van der Waals surface area contributed by atoms with E-state index >= 15 is 0 Å². The molecule has 0 amide bonds. The Labute approximate surface area is 195 Å². The van der Waals surface area contributed by atoms with Gasteiger partial charge in [-0.1, -0.05) is 11.6 Å². The monoisotopic (exact) mass is 524 g/mol. The Morgan fingerprint density at radius 3 is 2.32 bits per heavy atom. The quantitative estimate of drug-likeness (QED) is 0.173. The maximum atomic E-state index is 13.1. The van der Waals surface area contributed by atoms with Gasteiger partial charge < -0.3 is 9.84 Å². The van der Waals surface area contributed by atoms with Gasteiger partial charge in [-0.2, -0.15) is 13.2 Å². The molecule has 0 aliphatic rings. The molecule has 0 fully saturated rings. The minimum atomic E-state index is -5.49. The van der Waals surface area contributed by atoms with Gasteiger partial charge in [-0.25, -0.2) is 8.42 Å². The van der Waals surface area contributed by atoms with Crippen LogP contribution >= 0.6 is 11.6 Å². The van der Waals surface area contributed by atoms with E-state index < -0.39 is 77.5 Å². The molecule has 0 bridgehead atoms. The second kappa shape index (κ2) is 9.85. The van der Waals surface area contributed by atoms with Crippen molar-refractivity contribution in [3.05, 3.63) is 57.1 Å². The van der Waals surface area contributed by atoms with Gasteiger partial charge in [-0.3, -0.25) is 24.4 Å². The Morgan fingerprint density at radius 1 is 1.18 bits per heavy atom.